The molecule has 0 spiro atoms. The zero-order valence-corrected chi connectivity index (χ0v) is 4.88. The molecule has 42 valence electrons. The Hall–Kier alpha value is -0.260. The fraction of sp³-hybridized carbons (Fsp3) is 0.750. The van der Waals surface area contributed by atoms with E-state index in [1.807, 2.05) is 0 Å². The molecular formula is C8H10. The first-order chi connectivity index (χ1) is 3.95. The van der Waals surface area contributed by atoms with E-state index in [1.54, 1.807) is 6.42 Å². The summed E-state index contributed by atoms with van der Waals surface area (Å²) in [5.74, 6) is 4.42. The molecule has 0 aromatic rings. The molecule has 4 atom stereocenters. The van der Waals surface area contributed by atoms with Gasteiger partial charge in [-0.2, -0.15) is 0 Å². The summed E-state index contributed by atoms with van der Waals surface area (Å²) in [6, 6.07) is 0. The van der Waals surface area contributed by atoms with Crippen LogP contribution >= 0.6 is 0 Å². The molecule has 0 N–H and O–H groups in total. The summed E-state index contributed by atoms with van der Waals surface area (Å²) in [6.45, 7) is 0. The van der Waals surface area contributed by atoms with E-state index in [9.17, 15) is 0 Å². The van der Waals surface area contributed by atoms with Gasteiger partial charge in [-0.3, -0.25) is 0 Å². The molecular weight excluding hydrogens is 96.1 g/mol. The maximum absolute atomic E-state index is 2.42. The normalized spacial score (nSPS) is 64.0. The average Bonchev–Trinajstić information content (AvgIpc) is 2.34. The monoisotopic (exact) mass is 106 g/mol. The zero-order chi connectivity index (χ0) is 5.14. The Morgan fingerprint density at radius 3 is 2.50 bits per heavy atom. The summed E-state index contributed by atoms with van der Waals surface area (Å²) >= 11 is 0. The third-order valence-corrected chi connectivity index (χ3v) is 3.12. The molecule has 0 heteroatoms. The predicted octanol–water partition coefficient (Wildman–Crippen LogP) is 1.83. The van der Waals surface area contributed by atoms with E-state index < -0.39 is 0 Å². The van der Waals surface area contributed by atoms with Gasteiger partial charge in [0.1, 0.15) is 0 Å². The molecule has 0 amide bonds. The van der Waals surface area contributed by atoms with Crippen LogP contribution in [0.15, 0.2) is 12.2 Å². The summed E-state index contributed by atoms with van der Waals surface area (Å²) in [5.41, 5.74) is 0. The van der Waals surface area contributed by atoms with Crippen molar-refractivity contribution in [3.05, 3.63) is 12.2 Å². The lowest BCUT2D eigenvalue weighted by molar-refractivity contribution is 0.431. The SMILES string of the molecule is C1=CC2C1CC1CC12. The molecule has 2 fully saturated rings. The van der Waals surface area contributed by atoms with Crippen LogP contribution in [0.3, 0.4) is 0 Å². The molecule has 0 bridgehead atoms. The van der Waals surface area contributed by atoms with Crippen LogP contribution in [-0.2, 0) is 0 Å². The Balaban J connectivity index is 2.02. The second-order valence-corrected chi connectivity index (χ2v) is 3.52. The zero-order valence-electron chi connectivity index (χ0n) is 4.88. The molecule has 8 heavy (non-hydrogen) atoms. The fourth-order valence-electron chi connectivity index (χ4n) is 2.46. The topological polar surface area (TPSA) is 0 Å². The lowest BCUT2D eigenvalue weighted by atomic mass is 9.82. The first-order valence-electron chi connectivity index (χ1n) is 3.63. The minimum absolute atomic E-state index is 1.04. The Morgan fingerprint density at radius 2 is 2.12 bits per heavy atom. The van der Waals surface area contributed by atoms with Gasteiger partial charge in [0.05, 0.1) is 0 Å². The molecule has 0 nitrogen and oxygen atoms in total. The highest BCUT2D eigenvalue weighted by Gasteiger charge is 2.53. The summed E-state index contributed by atoms with van der Waals surface area (Å²) in [5, 5.41) is 0. The van der Waals surface area contributed by atoms with Gasteiger partial charge in [-0.1, -0.05) is 12.2 Å². The van der Waals surface area contributed by atoms with E-state index in [2.05, 4.69) is 12.2 Å². The van der Waals surface area contributed by atoms with Crippen molar-refractivity contribution < 1.29 is 0 Å². The maximum atomic E-state index is 2.42. The predicted molar refractivity (Wildman–Crippen MR) is 32.3 cm³/mol. The summed E-state index contributed by atoms with van der Waals surface area (Å²) < 4.78 is 0. The largest absolute Gasteiger partial charge is 0.0845 e. The molecule has 3 aliphatic carbocycles. The van der Waals surface area contributed by atoms with Gasteiger partial charge in [0, 0.05) is 0 Å². The van der Waals surface area contributed by atoms with Crippen molar-refractivity contribution in [3.8, 4) is 0 Å². The van der Waals surface area contributed by atoms with Gasteiger partial charge < -0.3 is 0 Å². The van der Waals surface area contributed by atoms with Crippen molar-refractivity contribution in [2.24, 2.45) is 23.7 Å². The highest BCUT2D eigenvalue weighted by atomic mass is 14.6. The molecule has 0 radical (unpaired) electrons. The van der Waals surface area contributed by atoms with Crippen LogP contribution in [0.1, 0.15) is 12.8 Å². The molecule has 2 saturated carbocycles. The van der Waals surface area contributed by atoms with E-state index in [0.29, 0.717) is 0 Å². The summed E-state index contributed by atoms with van der Waals surface area (Å²) in [7, 11) is 0. The highest BCUT2D eigenvalue weighted by Crippen LogP contribution is 2.61. The Labute approximate surface area is 49.6 Å². The average molecular weight is 106 g/mol. The van der Waals surface area contributed by atoms with Crippen molar-refractivity contribution in [1.29, 1.82) is 0 Å². The van der Waals surface area contributed by atoms with Crippen LogP contribution in [0.5, 0.6) is 0 Å². The van der Waals surface area contributed by atoms with Crippen LogP contribution < -0.4 is 0 Å². The van der Waals surface area contributed by atoms with Gasteiger partial charge in [0.25, 0.3) is 0 Å². The van der Waals surface area contributed by atoms with E-state index in [4.69, 9.17) is 0 Å². The minimum Gasteiger partial charge on any atom is -0.0845 e. The second-order valence-electron chi connectivity index (χ2n) is 3.52. The van der Waals surface area contributed by atoms with E-state index in [1.165, 1.54) is 12.3 Å². The summed E-state index contributed by atoms with van der Waals surface area (Å²) in [4.78, 5) is 0. The number of hydrogen-bond donors (Lipinski definition) is 0. The van der Waals surface area contributed by atoms with Crippen molar-refractivity contribution in [2.45, 2.75) is 12.8 Å². The molecule has 0 aromatic carbocycles. The number of hydrogen-bond acceptors (Lipinski definition) is 0. The first-order valence-corrected chi connectivity index (χ1v) is 3.63. The summed E-state index contributed by atoms with van der Waals surface area (Å²) in [6.07, 6.45) is 7.91. The lowest BCUT2D eigenvalue weighted by Gasteiger charge is -2.23. The van der Waals surface area contributed by atoms with Gasteiger partial charge in [-0.25, -0.2) is 0 Å². The van der Waals surface area contributed by atoms with Crippen molar-refractivity contribution >= 4 is 0 Å². The molecule has 0 heterocycles. The second kappa shape index (κ2) is 0.896. The maximum Gasteiger partial charge on any atom is -0.0139 e. The van der Waals surface area contributed by atoms with Gasteiger partial charge >= 0.3 is 0 Å². The van der Waals surface area contributed by atoms with Crippen molar-refractivity contribution in [3.63, 3.8) is 0 Å². The van der Waals surface area contributed by atoms with Gasteiger partial charge in [0.15, 0.2) is 0 Å². The minimum atomic E-state index is 1.04. The number of rotatable bonds is 0. The number of allylic oxidation sites excluding steroid dienone is 2. The smallest absolute Gasteiger partial charge is 0.0139 e. The van der Waals surface area contributed by atoms with Crippen LogP contribution in [0.25, 0.3) is 0 Å². The van der Waals surface area contributed by atoms with Crippen LogP contribution in [0.4, 0.5) is 0 Å². The third kappa shape index (κ3) is 0.249. The van der Waals surface area contributed by atoms with Crippen molar-refractivity contribution in [2.75, 3.05) is 0 Å². The number of fused-ring (bicyclic) bond motifs is 3. The van der Waals surface area contributed by atoms with E-state index in [0.717, 1.165) is 17.8 Å². The van der Waals surface area contributed by atoms with Crippen LogP contribution in [-0.4, -0.2) is 0 Å². The molecule has 3 aliphatic rings. The Morgan fingerprint density at radius 1 is 1.12 bits per heavy atom. The Bertz CT molecular complexity index is 157. The van der Waals surface area contributed by atoms with Crippen molar-refractivity contribution in [1.82, 2.24) is 0 Å². The molecule has 3 rings (SSSR count). The first kappa shape index (κ1) is 3.71. The van der Waals surface area contributed by atoms with Gasteiger partial charge in [-0.05, 0) is 36.5 Å². The third-order valence-electron chi connectivity index (χ3n) is 3.12. The molecule has 0 aromatic heterocycles. The molecule has 0 saturated heterocycles. The van der Waals surface area contributed by atoms with E-state index >= 15 is 0 Å². The quantitative estimate of drug-likeness (QED) is 0.413. The van der Waals surface area contributed by atoms with E-state index in [-0.39, 0.29) is 0 Å². The lowest BCUT2D eigenvalue weighted by Crippen LogP contribution is -2.14. The highest BCUT2D eigenvalue weighted by molar-refractivity contribution is 5.21. The van der Waals surface area contributed by atoms with Gasteiger partial charge in [-0.15, -0.1) is 0 Å². The molecule has 4 unspecified atom stereocenters. The standard InChI is InChI=1S/C8H10/c1-2-7-5(1)3-6-4-8(6)7/h1-2,5-8H,3-4H2. The molecule has 0 aliphatic heterocycles. The Kier molecular flexibility index (Phi) is 0.415. The van der Waals surface area contributed by atoms with Crippen LogP contribution in [0.2, 0.25) is 0 Å². The van der Waals surface area contributed by atoms with Gasteiger partial charge in [0.2, 0.25) is 0 Å². The fourth-order valence-corrected chi connectivity index (χ4v) is 2.46. The van der Waals surface area contributed by atoms with Crippen LogP contribution in [0, 0.1) is 23.7 Å².